The Morgan fingerprint density at radius 1 is 1.17 bits per heavy atom. The molecule has 162 valence electrons. The molecule has 1 aromatic carbocycles. The minimum absolute atomic E-state index is 0.100. The first-order valence-electron chi connectivity index (χ1n) is 10.0. The third-order valence-corrected chi connectivity index (χ3v) is 8.13. The van der Waals surface area contributed by atoms with Gasteiger partial charge in [-0.15, -0.1) is 11.3 Å². The Hall–Kier alpha value is -2.23. The highest BCUT2D eigenvalue weighted by atomic mass is 32.2. The molecule has 1 aliphatic rings. The molecule has 0 spiro atoms. The molecule has 1 fully saturated rings. The second-order valence-corrected chi connectivity index (χ2v) is 10.4. The van der Waals surface area contributed by atoms with Crippen molar-refractivity contribution in [1.82, 2.24) is 9.62 Å². The maximum Gasteiger partial charge on any atom is 0.268 e. The van der Waals surface area contributed by atoms with E-state index >= 15 is 0 Å². The molecule has 1 aromatic heterocycles. The summed E-state index contributed by atoms with van der Waals surface area (Å²) in [7, 11) is -1.55. The van der Waals surface area contributed by atoms with Gasteiger partial charge in [0.1, 0.15) is 0 Å². The van der Waals surface area contributed by atoms with Crippen LogP contribution in [-0.4, -0.2) is 56.5 Å². The average Bonchev–Trinajstić information content (AvgIpc) is 3.28. The number of carbonyl (C=O) groups excluding carboxylic acids is 2. The molecule has 7 nitrogen and oxygen atoms in total. The largest absolute Gasteiger partial charge is 0.349 e. The summed E-state index contributed by atoms with van der Waals surface area (Å²) in [6.07, 6.45) is 1.73. The second-order valence-electron chi connectivity index (χ2n) is 7.32. The van der Waals surface area contributed by atoms with Crippen LogP contribution in [0, 0.1) is 0 Å². The number of carbonyl (C=O) groups is 2. The molecule has 2 aromatic rings. The van der Waals surface area contributed by atoms with Gasteiger partial charge in [0.25, 0.3) is 11.8 Å². The monoisotopic (exact) mass is 449 g/mol. The van der Waals surface area contributed by atoms with Crippen LogP contribution in [0.1, 0.15) is 46.2 Å². The fourth-order valence-electron chi connectivity index (χ4n) is 3.56. The lowest BCUT2D eigenvalue weighted by Crippen LogP contribution is -2.47. The lowest BCUT2D eigenvalue weighted by molar-refractivity contribution is 0.0924. The number of rotatable bonds is 7. The van der Waals surface area contributed by atoms with E-state index in [2.05, 4.69) is 5.32 Å². The molecule has 0 aliphatic carbocycles. The average molecular weight is 450 g/mol. The maximum atomic E-state index is 12.9. The van der Waals surface area contributed by atoms with Gasteiger partial charge in [0.15, 0.2) is 0 Å². The van der Waals surface area contributed by atoms with Crippen molar-refractivity contribution in [3.8, 4) is 0 Å². The molecule has 1 saturated heterocycles. The van der Waals surface area contributed by atoms with Gasteiger partial charge in [-0.1, -0.05) is 25.1 Å². The van der Waals surface area contributed by atoms with E-state index in [-0.39, 0.29) is 23.6 Å². The molecule has 0 saturated carbocycles. The number of anilines is 1. The number of nitrogens with one attached hydrogen (secondary N) is 1. The number of benzene rings is 1. The highest BCUT2D eigenvalue weighted by Crippen LogP contribution is 2.23. The summed E-state index contributed by atoms with van der Waals surface area (Å²) < 4.78 is 26.0. The van der Waals surface area contributed by atoms with E-state index in [9.17, 15) is 18.0 Å². The van der Waals surface area contributed by atoms with Gasteiger partial charge in [-0.25, -0.2) is 12.7 Å². The topological polar surface area (TPSA) is 86.8 Å². The Labute approximate surface area is 181 Å². The molecule has 0 unspecified atom stereocenters. The second kappa shape index (κ2) is 9.72. The van der Waals surface area contributed by atoms with E-state index in [0.29, 0.717) is 48.5 Å². The first-order chi connectivity index (χ1) is 14.3. The van der Waals surface area contributed by atoms with Crippen LogP contribution in [0.5, 0.6) is 0 Å². The molecule has 30 heavy (non-hydrogen) atoms. The highest BCUT2D eigenvalue weighted by Gasteiger charge is 2.29. The zero-order chi connectivity index (χ0) is 21.7. The van der Waals surface area contributed by atoms with Crippen LogP contribution < -0.4 is 10.2 Å². The van der Waals surface area contributed by atoms with Gasteiger partial charge in [-0.2, -0.15) is 0 Å². The fourth-order valence-corrected chi connectivity index (χ4v) is 5.80. The number of nitrogens with zero attached hydrogens (tertiary/aromatic N) is 2. The van der Waals surface area contributed by atoms with E-state index in [1.54, 1.807) is 37.4 Å². The molecule has 3 rings (SSSR count). The molecule has 9 heteroatoms. The molecular formula is C21H27N3O4S2. The van der Waals surface area contributed by atoms with E-state index in [1.807, 2.05) is 18.4 Å². The van der Waals surface area contributed by atoms with E-state index in [0.717, 1.165) is 0 Å². The van der Waals surface area contributed by atoms with Crippen molar-refractivity contribution in [3.63, 3.8) is 0 Å². The first kappa shape index (κ1) is 22.5. The number of thiophene rings is 1. The lowest BCUT2D eigenvalue weighted by Gasteiger charge is -2.31. The zero-order valence-corrected chi connectivity index (χ0v) is 18.8. The minimum Gasteiger partial charge on any atom is -0.349 e. The number of hydrogen-bond donors (Lipinski definition) is 1. The number of para-hydroxylation sites is 1. The molecule has 1 N–H and O–H groups in total. The van der Waals surface area contributed by atoms with Crippen LogP contribution in [0.2, 0.25) is 0 Å². The van der Waals surface area contributed by atoms with Crippen molar-refractivity contribution in [2.24, 2.45) is 0 Å². The van der Waals surface area contributed by atoms with Crippen LogP contribution in [0.3, 0.4) is 0 Å². The normalized spacial score (nSPS) is 15.7. The molecule has 2 amide bonds. The summed E-state index contributed by atoms with van der Waals surface area (Å²) in [6, 6.07) is 10.5. The quantitative estimate of drug-likeness (QED) is 0.704. The van der Waals surface area contributed by atoms with Crippen molar-refractivity contribution in [3.05, 3.63) is 52.2 Å². The molecular weight excluding hydrogens is 422 g/mol. The number of piperidine rings is 1. The highest BCUT2D eigenvalue weighted by molar-refractivity contribution is 7.89. The van der Waals surface area contributed by atoms with Crippen molar-refractivity contribution < 1.29 is 18.0 Å². The summed E-state index contributed by atoms with van der Waals surface area (Å²) in [6.45, 7) is 2.67. The standard InChI is InChI=1S/C21H27N3O4S2/c1-3-15-30(27,28)24-12-10-16(11-13-24)22-20(25)17-7-4-5-8-18(17)23(2)21(26)19-9-6-14-29-19/h4-9,14,16H,3,10-13,15H2,1-2H3,(H,22,25). The lowest BCUT2D eigenvalue weighted by atomic mass is 10.1. The molecule has 0 bridgehead atoms. The maximum absolute atomic E-state index is 12.9. The summed E-state index contributed by atoms with van der Waals surface area (Å²) in [5.74, 6) is -0.270. The van der Waals surface area contributed by atoms with E-state index < -0.39 is 10.0 Å². The van der Waals surface area contributed by atoms with Gasteiger partial charge < -0.3 is 10.2 Å². The van der Waals surface area contributed by atoms with Gasteiger partial charge in [0, 0.05) is 26.2 Å². The predicted molar refractivity (Wildman–Crippen MR) is 120 cm³/mol. The third kappa shape index (κ3) is 5.08. The van der Waals surface area contributed by atoms with Gasteiger partial charge in [0.05, 0.1) is 21.9 Å². The Morgan fingerprint density at radius 3 is 2.50 bits per heavy atom. The SMILES string of the molecule is CCCS(=O)(=O)N1CCC(NC(=O)c2ccccc2N(C)C(=O)c2cccs2)CC1. The van der Waals surface area contributed by atoms with Crippen molar-refractivity contribution in [2.45, 2.75) is 32.2 Å². The number of amides is 2. The van der Waals surface area contributed by atoms with Crippen LogP contribution >= 0.6 is 11.3 Å². The third-order valence-electron chi connectivity index (χ3n) is 5.19. The number of sulfonamides is 1. The van der Waals surface area contributed by atoms with Gasteiger partial charge in [0.2, 0.25) is 10.0 Å². The smallest absolute Gasteiger partial charge is 0.268 e. The van der Waals surface area contributed by atoms with Crippen LogP contribution in [-0.2, 0) is 10.0 Å². The van der Waals surface area contributed by atoms with Gasteiger partial charge in [-0.3, -0.25) is 9.59 Å². The van der Waals surface area contributed by atoms with E-state index in [4.69, 9.17) is 0 Å². The first-order valence-corrected chi connectivity index (χ1v) is 12.5. The van der Waals surface area contributed by atoms with Crippen LogP contribution in [0.4, 0.5) is 5.69 Å². The predicted octanol–water partition coefficient (Wildman–Crippen LogP) is 2.96. The van der Waals surface area contributed by atoms with Gasteiger partial charge in [-0.05, 0) is 42.8 Å². The molecule has 1 aliphatic heterocycles. The molecule has 0 atom stereocenters. The van der Waals surface area contributed by atoms with E-state index in [1.165, 1.54) is 20.5 Å². The summed E-state index contributed by atoms with van der Waals surface area (Å²) in [5, 5.41) is 4.85. The Kier molecular flexibility index (Phi) is 7.27. The fraction of sp³-hybridized carbons (Fsp3) is 0.429. The Balaban J connectivity index is 1.66. The number of hydrogen-bond acceptors (Lipinski definition) is 5. The van der Waals surface area contributed by atoms with Crippen molar-refractivity contribution in [2.75, 3.05) is 30.8 Å². The molecule has 2 heterocycles. The summed E-state index contributed by atoms with van der Waals surface area (Å²) in [4.78, 5) is 27.7. The van der Waals surface area contributed by atoms with Crippen molar-refractivity contribution in [1.29, 1.82) is 0 Å². The van der Waals surface area contributed by atoms with Gasteiger partial charge >= 0.3 is 0 Å². The Morgan fingerprint density at radius 2 is 1.87 bits per heavy atom. The van der Waals surface area contributed by atoms with Crippen molar-refractivity contribution >= 4 is 38.9 Å². The zero-order valence-electron chi connectivity index (χ0n) is 17.2. The minimum atomic E-state index is -3.21. The van der Waals surface area contributed by atoms with Crippen LogP contribution in [0.25, 0.3) is 0 Å². The summed E-state index contributed by atoms with van der Waals surface area (Å²) in [5.41, 5.74) is 0.960. The Bertz CT molecular complexity index is 981. The van der Waals surface area contributed by atoms with Crippen LogP contribution in [0.15, 0.2) is 41.8 Å². The summed E-state index contributed by atoms with van der Waals surface area (Å²) >= 11 is 1.36. The molecule has 0 radical (unpaired) electrons.